The molecule has 0 bridgehead atoms. The van der Waals surface area contributed by atoms with Crippen molar-refractivity contribution in [2.24, 2.45) is 0 Å². The second-order valence-electron chi connectivity index (χ2n) is 8.00. The monoisotopic (exact) mass is 377 g/mol. The van der Waals surface area contributed by atoms with Crippen LogP contribution in [0.25, 0.3) is 11.2 Å². The van der Waals surface area contributed by atoms with Gasteiger partial charge in [0.2, 0.25) is 0 Å². The summed E-state index contributed by atoms with van der Waals surface area (Å²) in [6.07, 6.45) is 0.195. The molecule has 0 aliphatic carbocycles. The van der Waals surface area contributed by atoms with Gasteiger partial charge >= 0.3 is 0 Å². The fraction of sp³-hybridized carbons (Fsp3) is 0.588. The maximum atomic E-state index is 13.8. The molecule has 1 fully saturated rings. The van der Waals surface area contributed by atoms with Gasteiger partial charge in [-0.05, 0) is 6.92 Å². The van der Waals surface area contributed by atoms with Crippen molar-refractivity contribution in [1.29, 1.82) is 0 Å². The van der Waals surface area contributed by atoms with E-state index in [-0.39, 0.29) is 24.9 Å². The topological polar surface area (TPSA) is 96.6 Å². The Bertz CT molecular complexity index is 989. The van der Waals surface area contributed by atoms with Crippen molar-refractivity contribution in [3.05, 3.63) is 23.0 Å². The number of nitrogens with one attached hydrogen (secondary N) is 1. The van der Waals surface area contributed by atoms with Crippen molar-refractivity contribution in [1.82, 2.24) is 30.2 Å². The van der Waals surface area contributed by atoms with Crippen LogP contribution >= 0.6 is 0 Å². The molecule has 8 nitrogen and oxygen atoms in total. The lowest BCUT2D eigenvalue weighted by Gasteiger charge is -2.22. The molecular weight excluding hydrogens is 356 g/mol. The summed E-state index contributed by atoms with van der Waals surface area (Å²) in [7, 11) is 0. The average molecular weight is 377 g/mol. The number of aromatic nitrogens is 6. The standard InChI is InChI=1S/C17H21F2N7O/c1-9-10(25-27-24-9)7-11-20-12-13(21-11)22-15(16(2,3)4)23-14(12)26-6-5-17(18,19)8-26/h5-8H2,1-4H3,(H,20,21,22,23). The molecule has 3 aromatic heterocycles. The van der Waals surface area contributed by atoms with Gasteiger partial charge in [-0.2, -0.15) is 0 Å². The Hall–Kier alpha value is -2.65. The predicted molar refractivity (Wildman–Crippen MR) is 94.0 cm³/mol. The minimum absolute atomic E-state index is 0.186. The van der Waals surface area contributed by atoms with E-state index >= 15 is 0 Å². The summed E-state index contributed by atoms with van der Waals surface area (Å²) in [5.41, 5.74) is 2.02. The molecule has 0 spiro atoms. The molecule has 0 aromatic carbocycles. The number of halogens is 2. The lowest BCUT2D eigenvalue weighted by Crippen LogP contribution is -2.27. The van der Waals surface area contributed by atoms with Crippen LogP contribution in [0.2, 0.25) is 0 Å². The van der Waals surface area contributed by atoms with Crippen LogP contribution in [0.3, 0.4) is 0 Å². The van der Waals surface area contributed by atoms with Crippen molar-refractivity contribution in [3.63, 3.8) is 0 Å². The molecule has 0 amide bonds. The van der Waals surface area contributed by atoms with E-state index in [4.69, 9.17) is 4.63 Å². The number of rotatable bonds is 3. The van der Waals surface area contributed by atoms with Crippen LogP contribution in [0.5, 0.6) is 0 Å². The highest BCUT2D eigenvalue weighted by Crippen LogP contribution is 2.34. The van der Waals surface area contributed by atoms with E-state index in [9.17, 15) is 8.78 Å². The maximum Gasteiger partial charge on any atom is 0.266 e. The molecule has 0 radical (unpaired) electrons. The van der Waals surface area contributed by atoms with Gasteiger partial charge in [-0.25, -0.2) is 28.4 Å². The zero-order chi connectivity index (χ0) is 19.4. The van der Waals surface area contributed by atoms with Crippen LogP contribution < -0.4 is 4.90 Å². The number of aromatic amines is 1. The van der Waals surface area contributed by atoms with Gasteiger partial charge < -0.3 is 9.88 Å². The first-order valence-corrected chi connectivity index (χ1v) is 8.80. The summed E-state index contributed by atoms with van der Waals surface area (Å²) in [5.74, 6) is -1.07. The molecule has 10 heteroatoms. The second kappa shape index (κ2) is 5.93. The van der Waals surface area contributed by atoms with Gasteiger partial charge in [-0.15, -0.1) is 0 Å². The molecule has 1 aliphatic rings. The first-order chi connectivity index (χ1) is 12.6. The van der Waals surface area contributed by atoms with Gasteiger partial charge in [-0.3, -0.25) is 0 Å². The van der Waals surface area contributed by atoms with E-state index in [2.05, 4.69) is 30.2 Å². The van der Waals surface area contributed by atoms with Crippen LogP contribution in [0.15, 0.2) is 4.63 Å². The molecule has 1 aliphatic heterocycles. The Labute approximate surface area is 154 Å². The molecule has 0 atom stereocenters. The van der Waals surface area contributed by atoms with Crippen molar-refractivity contribution < 1.29 is 13.4 Å². The minimum Gasteiger partial charge on any atom is -0.348 e. The third-order valence-electron chi connectivity index (χ3n) is 4.60. The molecule has 0 unspecified atom stereocenters. The van der Waals surface area contributed by atoms with Gasteiger partial charge in [-0.1, -0.05) is 31.1 Å². The van der Waals surface area contributed by atoms with Gasteiger partial charge in [0.05, 0.1) is 13.0 Å². The van der Waals surface area contributed by atoms with Crippen LogP contribution in [-0.4, -0.2) is 49.3 Å². The third kappa shape index (κ3) is 3.35. The van der Waals surface area contributed by atoms with Gasteiger partial charge in [0.25, 0.3) is 5.92 Å². The number of imidazole rings is 1. The maximum absolute atomic E-state index is 13.8. The summed E-state index contributed by atoms with van der Waals surface area (Å²) in [6, 6.07) is 0. The average Bonchev–Trinajstić information content (AvgIpc) is 3.25. The molecule has 1 N–H and O–H groups in total. The number of anilines is 1. The highest BCUT2D eigenvalue weighted by atomic mass is 19.3. The predicted octanol–water partition coefficient (Wildman–Crippen LogP) is 2.78. The van der Waals surface area contributed by atoms with Crippen LogP contribution in [0, 0.1) is 6.92 Å². The minimum atomic E-state index is -2.72. The normalized spacial score (nSPS) is 17.2. The van der Waals surface area contributed by atoms with E-state index in [1.165, 1.54) is 0 Å². The van der Waals surface area contributed by atoms with E-state index < -0.39 is 5.92 Å². The van der Waals surface area contributed by atoms with E-state index in [0.717, 1.165) is 0 Å². The zero-order valence-electron chi connectivity index (χ0n) is 15.7. The fourth-order valence-corrected chi connectivity index (χ4v) is 3.06. The lowest BCUT2D eigenvalue weighted by atomic mass is 9.96. The summed E-state index contributed by atoms with van der Waals surface area (Å²) in [6.45, 7) is 7.62. The Kier molecular flexibility index (Phi) is 3.90. The van der Waals surface area contributed by atoms with Crippen LogP contribution in [0.4, 0.5) is 14.6 Å². The number of hydrogen-bond donors (Lipinski definition) is 1. The molecule has 27 heavy (non-hydrogen) atoms. The van der Waals surface area contributed by atoms with Crippen molar-refractivity contribution in [3.8, 4) is 0 Å². The summed E-state index contributed by atoms with van der Waals surface area (Å²) in [5, 5.41) is 7.63. The van der Waals surface area contributed by atoms with Gasteiger partial charge in [0.1, 0.15) is 28.6 Å². The highest BCUT2D eigenvalue weighted by molar-refractivity contribution is 5.84. The number of fused-ring (bicyclic) bond motifs is 1. The smallest absolute Gasteiger partial charge is 0.266 e. The Balaban J connectivity index is 1.80. The number of nitrogens with zero attached hydrogens (tertiary/aromatic N) is 6. The summed E-state index contributed by atoms with van der Waals surface area (Å²) in [4.78, 5) is 18.5. The summed E-state index contributed by atoms with van der Waals surface area (Å²) >= 11 is 0. The quantitative estimate of drug-likeness (QED) is 0.749. The lowest BCUT2D eigenvalue weighted by molar-refractivity contribution is 0.0257. The highest BCUT2D eigenvalue weighted by Gasteiger charge is 2.40. The van der Waals surface area contributed by atoms with E-state index in [1.807, 2.05) is 20.8 Å². The number of hydrogen-bond acceptors (Lipinski definition) is 7. The van der Waals surface area contributed by atoms with Gasteiger partial charge in [0, 0.05) is 18.4 Å². The number of aryl methyl sites for hydroxylation is 1. The molecule has 4 heterocycles. The molecule has 1 saturated heterocycles. The Morgan fingerprint density at radius 2 is 1.96 bits per heavy atom. The summed E-state index contributed by atoms with van der Waals surface area (Å²) < 4.78 is 32.3. The molecule has 3 aromatic rings. The molecular formula is C17H21F2N7O. The van der Waals surface area contributed by atoms with Gasteiger partial charge in [0.15, 0.2) is 11.5 Å². The first-order valence-electron chi connectivity index (χ1n) is 8.80. The number of H-pyrrole nitrogens is 1. The molecule has 0 saturated carbocycles. The fourth-order valence-electron chi connectivity index (χ4n) is 3.06. The van der Waals surface area contributed by atoms with Crippen molar-refractivity contribution >= 4 is 17.0 Å². The van der Waals surface area contributed by atoms with Crippen molar-refractivity contribution in [2.75, 3.05) is 18.0 Å². The second-order valence-corrected chi connectivity index (χ2v) is 8.00. The SMILES string of the molecule is Cc1nonc1Cc1nc2nc(C(C)(C)C)nc(N3CCC(F)(F)C3)c2[nH]1. The third-order valence-corrected chi connectivity index (χ3v) is 4.60. The van der Waals surface area contributed by atoms with E-state index in [1.54, 1.807) is 11.8 Å². The largest absolute Gasteiger partial charge is 0.348 e. The Morgan fingerprint density at radius 3 is 2.56 bits per heavy atom. The first kappa shape index (κ1) is 17.7. The molecule has 144 valence electrons. The Morgan fingerprint density at radius 1 is 1.19 bits per heavy atom. The van der Waals surface area contributed by atoms with E-state index in [0.29, 0.717) is 46.4 Å². The number of alkyl halides is 2. The van der Waals surface area contributed by atoms with Crippen LogP contribution in [-0.2, 0) is 11.8 Å². The van der Waals surface area contributed by atoms with Crippen molar-refractivity contribution in [2.45, 2.75) is 51.9 Å². The van der Waals surface area contributed by atoms with Crippen LogP contribution in [0.1, 0.15) is 50.2 Å². The zero-order valence-corrected chi connectivity index (χ0v) is 15.7. The molecule has 4 rings (SSSR count).